The molecule has 1 aromatic heterocycles. The number of nitrogens with one attached hydrogen (secondary N) is 1. The summed E-state index contributed by atoms with van der Waals surface area (Å²) >= 11 is 1.30. The molecule has 0 fully saturated rings. The zero-order chi connectivity index (χ0) is 14.2. The Labute approximate surface area is 114 Å². The number of anilines is 1. The maximum absolute atomic E-state index is 11.5. The van der Waals surface area contributed by atoms with Gasteiger partial charge in [-0.3, -0.25) is 14.5 Å². The second-order valence-electron chi connectivity index (χ2n) is 4.04. The second-order valence-corrected chi connectivity index (χ2v) is 7.13. The average Bonchev–Trinajstić information content (AvgIpc) is 2.78. The van der Waals surface area contributed by atoms with E-state index >= 15 is 0 Å². The quantitative estimate of drug-likeness (QED) is 0.500. The van der Waals surface area contributed by atoms with Gasteiger partial charge in [0.05, 0.1) is 16.8 Å². The fourth-order valence-corrected chi connectivity index (χ4v) is 3.04. The molecular formula is C11H13N3O3S2. The Bertz CT molecular complexity index is 737. The van der Waals surface area contributed by atoms with Crippen LogP contribution in [0.2, 0.25) is 0 Å². The van der Waals surface area contributed by atoms with Crippen molar-refractivity contribution in [2.75, 3.05) is 17.6 Å². The van der Waals surface area contributed by atoms with Crippen LogP contribution in [0.1, 0.15) is 9.67 Å². The molecule has 2 rings (SSSR count). The van der Waals surface area contributed by atoms with Gasteiger partial charge in [0.15, 0.2) is 0 Å². The molecule has 0 aliphatic rings. The average molecular weight is 299 g/mol. The number of amides is 1. The summed E-state index contributed by atoms with van der Waals surface area (Å²) in [6.07, 6.45) is 1.14. The third kappa shape index (κ3) is 2.70. The lowest BCUT2D eigenvalue weighted by Gasteiger charge is -2.16. The van der Waals surface area contributed by atoms with Gasteiger partial charge in [0.2, 0.25) is 10.0 Å². The molecule has 0 aliphatic heterocycles. The van der Waals surface area contributed by atoms with Crippen molar-refractivity contribution in [2.45, 2.75) is 0 Å². The van der Waals surface area contributed by atoms with Crippen molar-refractivity contribution in [3.63, 3.8) is 0 Å². The number of nitrogens with two attached hydrogens (primary N) is 1. The van der Waals surface area contributed by atoms with Crippen LogP contribution in [0.5, 0.6) is 0 Å². The van der Waals surface area contributed by atoms with Gasteiger partial charge >= 0.3 is 0 Å². The normalized spacial score (nSPS) is 11.5. The molecule has 0 spiro atoms. The summed E-state index contributed by atoms with van der Waals surface area (Å²) < 4.78 is 25.0. The number of hydrogen-bond acceptors (Lipinski definition) is 5. The van der Waals surface area contributed by atoms with E-state index in [0.717, 1.165) is 16.3 Å². The van der Waals surface area contributed by atoms with E-state index in [0.29, 0.717) is 10.6 Å². The van der Waals surface area contributed by atoms with Crippen molar-refractivity contribution in [3.05, 3.63) is 29.1 Å². The van der Waals surface area contributed by atoms with Gasteiger partial charge in [0.1, 0.15) is 0 Å². The van der Waals surface area contributed by atoms with Gasteiger partial charge in [-0.25, -0.2) is 14.3 Å². The summed E-state index contributed by atoms with van der Waals surface area (Å²) in [6.45, 7) is 0. The summed E-state index contributed by atoms with van der Waals surface area (Å²) in [6, 6.07) is 6.89. The Kier molecular flexibility index (Phi) is 3.48. The molecule has 8 heteroatoms. The molecule has 0 saturated carbocycles. The van der Waals surface area contributed by atoms with E-state index in [1.54, 1.807) is 24.3 Å². The number of nitrogen functional groups attached to an aromatic ring is 1. The predicted molar refractivity (Wildman–Crippen MR) is 76.7 cm³/mol. The van der Waals surface area contributed by atoms with Gasteiger partial charge < -0.3 is 0 Å². The van der Waals surface area contributed by atoms with Crippen LogP contribution in [0.15, 0.2) is 24.3 Å². The highest BCUT2D eigenvalue weighted by Gasteiger charge is 2.14. The van der Waals surface area contributed by atoms with Crippen LogP contribution >= 0.6 is 11.3 Å². The van der Waals surface area contributed by atoms with E-state index in [9.17, 15) is 13.2 Å². The van der Waals surface area contributed by atoms with Gasteiger partial charge in [0, 0.05) is 11.7 Å². The monoisotopic (exact) mass is 299 g/mol. The third-order valence-electron chi connectivity index (χ3n) is 2.72. The minimum atomic E-state index is -3.30. The molecule has 3 N–H and O–H groups in total. The lowest BCUT2D eigenvalue weighted by Crippen LogP contribution is -2.29. The van der Waals surface area contributed by atoms with Crippen LogP contribution in [0.4, 0.5) is 5.69 Å². The molecule has 0 aliphatic carbocycles. The number of fused-ring (bicyclic) bond motifs is 1. The lowest BCUT2D eigenvalue weighted by atomic mass is 10.2. The van der Waals surface area contributed by atoms with Crippen molar-refractivity contribution in [1.29, 1.82) is 0 Å². The number of sulfonamides is 1. The minimum Gasteiger partial charge on any atom is -0.289 e. The number of hydrazine groups is 1. The first-order valence-corrected chi connectivity index (χ1v) is 7.98. The zero-order valence-electron chi connectivity index (χ0n) is 10.4. The molecule has 1 aromatic carbocycles. The maximum Gasteiger partial charge on any atom is 0.275 e. The molecule has 0 atom stereocenters. The first-order chi connectivity index (χ1) is 8.82. The largest absolute Gasteiger partial charge is 0.289 e. The van der Waals surface area contributed by atoms with Crippen LogP contribution in [0.25, 0.3) is 10.1 Å². The van der Waals surface area contributed by atoms with Gasteiger partial charge in [0.25, 0.3) is 5.91 Å². The molecule has 0 saturated heterocycles. The molecular weight excluding hydrogens is 286 g/mol. The Morgan fingerprint density at radius 3 is 2.63 bits per heavy atom. The molecule has 0 radical (unpaired) electrons. The molecule has 6 nitrogen and oxygen atoms in total. The van der Waals surface area contributed by atoms with Gasteiger partial charge in [-0.15, -0.1) is 11.3 Å². The Balaban J connectivity index is 2.49. The summed E-state index contributed by atoms with van der Waals surface area (Å²) in [4.78, 5) is 11.9. The zero-order valence-corrected chi connectivity index (χ0v) is 12.0. The van der Waals surface area contributed by atoms with Crippen molar-refractivity contribution >= 4 is 43.0 Å². The summed E-state index contributed by atoms with van der Waals surface area (Å²) in [5, 5.41) is 0.802. The predicted octanol–water partition coefficient (Wildman–Crippen LogP) is 0.901. The minimum absolute atomic E-state index is 0.362. The number of carbonyl (C=O) groups excluding carboxylic acids is 1. The molecule has 0 bridgehead atoms. The van der Waals surface area contributed by atoms with Crippen LogP contribution < -0.4 is 15.6 Å². The van der Waals surface area contributed by atoms with Crippen molar-refractivity contribution < 1.29 is 13.2 Å². The standard InChI is InChI=1S/C11H13N3O3S2/c1-14(19(2,16)17)8-3-4-9-7(5-8)6-10(18-9)11(15)13-12/h3-6H,12H2,1-2H3,(H,13,15). The summed E-state index contributed by atoms with van der Waals surface area (Å²) in [7, 11) is -1.82. The van der Waals surface area contributed by atoms with Gasteiger partial charge in [-0.05, 0) is 29.7 Å². The summed E-state index contributed by atoms with van der Waals surface area (Å²) in [5.41, 5.74) is 2.62. The van der Waals surface area contributed by atoms with Gasteiger partial charge in [-0.1, -0.05) is 0 Å². The van der Waals surface area contributed by atoms with E-state index in [2.05, 4.69) is 5.43 Å². The molecule has 2 aromatic rings. The van der Waals surface area contributed by atoms with Crippen molar-refractivity contribution in [3.8, 4) is 0 Å². The number of carbonyl (C=O) groups is 1. The fraction of sp³-hybridized carbons (Fsp3) is 0.182. The molecule has 1 heterocycles. The first kappa shape index (κ1) is 13.8. The highest BCUT2D eigenvalue weighted by atomic mass is 32.2. The smallest absolute Gasteiger partial charge is 0.275 e. The van der Waals surface area contributed by atoms with Crippen molar-refractivity contribution in [2.24, 2.45) is 5.84 Å². The maximum atomic E-state index is 11.5. The Hall–Kier alpha value is -1.64. The molecule has 0 unspecified atom stereocenters. The molecule has 1 amide bonds. The van der Waals surface area contributed by atoms with Crippen LogP contribution in [0.3, 0.4) is 0 Å². The number of rotatable bonds is 3. The number of thiophene rings is 1. The topological polar surface area (TPSA) is 92.5 Å². The fourth-order valence-electron chi connectivity index (χ4n) is 1.60. The third-order valence-corrected chi connectivity index (χ3v) is 5.04. The number of nitrogens with zero attached hydrogens (tertiary/aromatic N) is 1. The summed E-state index contributed by atoms with van der Waals surface area (Å²) in [5.74, 6) is 4.72. The SMILES string of the molecule is CN(c1ccc2sc(C(=O)NN)cc2c1)S(C)(=O)=O. The highest BCUT2D eigenvalue weighted by Crippen LogP contribution is 2.29. The van der Waals surface area contributed by atoms with Crippen LogP contribution in [-0.4, -0.2) is 27.6 Å². The highest BCUT2D eigenvalue weighted by molar-refractivity contribution is 7.92. The Morgan fingerprint density at radius 2 is 2.05 bits per heavy atom. The van der Waals surface area contributed by atoms with Crippen LogP contribution in [0, 0.1) is 0 Å². The van der Waals surface area contributed by atoms with E-state index in [1.165, 1.54) is 22.7 Å². The number of benzene rings is 1. The lowest BCUT2D eigenvalue weighted by molar-refractivity contribution is 0.0958. The van der Waals surface area contributed by atoms with E-state index < -0.39 is 10.0 Å². The first-order valence-electron chi connectivity index (χ1n) is 5.31. The van der Waals surface area contributed by atoms with E-state index in [-0.39, 0.29) is 5.91 Å². The van der Waals surface area contributed by atoms with E-state index in [4.69, 9.17) is 5.84 Å². The molecule has 102 valence electrons. The van der Waals surface area contributed by atoms with Crippen LogP contribution in [-0.2, 0) is 10.0 Å². The second kappa shape index (κ2) is 4.80. The van der Waals surface area contributed by atoms with Crippen molar-refractivity contribution in [1.82, 2.24) is 5.43 Å². The van der Waals surface area contributed by atoms with Gasteiger partial charge in [-0.2, -0.15) is 0 Å². The molecule has 19 heavy (non-hydrogen) atoms. The number of hydrogen-bond donors (Lipinski definition) is 2. The van der Waals surface area contributed by atoms with E-state index in [1.807, 2.05) is 0 Å². The Morgan fingerprint density at radius 1 is 1.37 bits per heavy atom.